The molecule has 0 aliphatic rings. The first-order valence-electron chi connectivity index (χ1n) is 6.01. The first kappa shape index (κ1) is 14.5. The summed E-state index contributed by atoms with van der Waals surface area (Å²) >= 11 is 4.65. The van der Waals surface area contributed by atoms with E-state index in [-0.39, 0.29) is 16.2 Å². The SMILES string of the molecule is CCc1ccc(C(C)Nc2cc(F)c(Br)cc2F)s1. The lowest BCUT2D eigenvalue weighted by atomic mass is 10.2. The number of aryl methyl sites for hydroxylation is 1. The van der Waals surface area contributed by atoms with Crippen molar-refractivity contribution >= 4 is 33.0 Å². The first-order chi connectivity index (χ1) is 9.01. The van der Waals surface area contributed by atoms with Crippen LogP contribution >= 0.6 is 27.3 Å². The van der Waals surface area contributed by atoms with Crippen molar-refractivity contribution in [2.24, 2.45) is 0 Å². The molecule has 0 radical (unpaired) electrons. The highest BCUT2D eigenvalue weighted by molar-refractivity contribution is 9.10. The number of thiophene rings is 1. The number of benzene rings is 1. The molecule has 0 spiro atoms. The molecule has 1 heterocycles. The van der Waals surface area contributed by atoms with Crippen molar-refractivity contribution in [2.45, 2.75) is 26.3 Å². The maximum Gasteiger partial charge on any atom is 0.147 e. The molecule has 1 aromatic heterocycles. The van der Waals surface area contributed by atoms with Crippen LogP contribution in [0, 0.1) is 11.6 Å². The van der Waals surface area contributed by atoms with Gasteiger partial charge in [-0.15, -0.1) is 11.3 Å². The molecule has 0 amide bonds. The minimum Gasteiger partial charge on any atom is -0.375 e. The fraction of sp³-hybridized carbons (Fsp3) is 0.286. The van der Waals surface area contributed by atoms with Gasteiger partial charge in [0.2, 0.25) is 0 Å². The number of halogens is 3. The van der Waals surface area contributed by atoms with Gasteiger partial charge in [0, 0.05) is 15.8 Å². The highest BCUT2D eigenvalue weighted by atomic mass is 79.9. The van der Waals surface area contributed by atoms with E-state index in [4.69, 9.17) is 0 Å². The standard InChI is InChI=1S/C14H14BrF2NS/c1-3-9-4-5-14(19-9)8(2)18-13-7-11(16)10(15)6-12(13)17/h4-8,18H,3H2,1-2H3. The Hall–Kier alpha value is -0.940. The lowest BCUT2D eigenvalue weighted by Gasteiger charge is -2.14. The van der Waals surface area contributed by atoms with Gasteiger partial charge in [0.15, 0.2) is 0 Å². The monoisotopic (exact) mass is 345 g/mol. The molecule has 0 fully saturated rings. The molecule has 1 aromatic carbocycles. The van der Waals surface area contributed by atoms with E-state index in [9.17, 15) is 8.78 Å². The third-order valence-corrected chi connectivity index (χ3v) is 4.86. The van der Waals surface area contributed by atoms with E-state index in [2.05, 4.69) is 34.2 Å². The summed E-state index contributed by atoms with van der Waals surface area (Å²) in [7, 11) is 0. The van der Waals surface area contributed by atoms with E-state index in [1.165, 1.54) is 10.9 Å². The van der Waals surface area contributed by atoms with Crippen LogP contribution in [0.2, 0.25) is 0 Å². The van der Waals surface area contributed by atoms with Gasteiger partial charge in [0.05, 0.1) is 16.2 Å². The predicted molar refractivity (Wildman–Crippen MR) is 79.8 cm³/mol. The third kappa shape index (κ3) is 3.34. The van der Waals surface area contributed by atoms with E-state index in [0.29, 0.717) is 0 Å². The second-order valence-corrected chi connectivity index (χ2v) is 6.32. The van der Waals surface area contributed by atoms with Crippen molar-refractivity contribution in [1.29, 1.82) is 0 Å². The zero-order valence-corrected chi connectivity index (χ0v) is 13.0. The molecule has 5 heteroatoms. The summed E-state index contributed by atoms with van der Waals surface area (Å²) in [6.07, 6.45) is 0.985. The molecule has 0 saturated heterocycles. The average molecular weight is 346 g/mol. The van der Waals surface area contributed by atoms with Crippen molar-refractivity contribution in [2.75, 3.05) is 5.32 Å². The van der Waals surface area contributed by atoms with E-state index in [0.717, 1.165) is 17.4 Å². The highest BCUT2D eigenvalue weighted by Crippen LogP contribution is 2.29. The van der Waals surface area contributed by atoms with Gasteiger partial charge in [-0.3, -0.25) is 0 Å². The van der Waals surface area contributed by atoms with Crippen LogP contribution in [-0.2, 0) is 6.42 Å². The second kappa shape index (κ2) is 6.01. The van der Waals surface area contributed by atoms with Gasteiger partial charge in [-0.1, -0.05) is 6.92 Å². The number of hydrogen-bond acceptors (Lipinski definition) is 2. The molecule has 0 aliphatic heterocycles. The Balaban J connectivity index is 2.18. The summed E-state index contributed by atoms with van der Waals surface area (Å²) in [6, 6.07) is 6.34. The Morgan fingerprint density at radius 2 is 2.00 bits per heavy atom. The van der Waals surface area contributed by atoms with Gasteiger partial charge >= 0.3 is 0 Å². The van der Waals surface area contributed by atoms with Crippen LogP contribution in [0.1, 0.15) is 29.6 Å². The molecule has 2 rings (SSSR count). The van der Waals surface area contributed by atoms with Crippen molar-refractivity contribution in [1.82, 2.24) is 0 Å². The van der Waals surface area contributed by atoms with Crippen LogP contribution in [-0.4, -0.2) is 0 Å². The number of nitrogens with one attached hydrogen (secondary N) is 1. The Morgan fingerprint density at radius 3 is 2.63 bits per heavy atom. The molecule has 1 nitrogen and oxygen atoms in total. The molecule has 0 saturated carbocycles. The largest absolute Gasteiger partial charge is 0.375 e. The summed E-state index contributed by atoms with van der Waals surface area (Å²) in [5.41, 5.74) is 0.180. The van der Waals surface area contributed by atoms with E-state index in [1.54, 1.807) is 11.3 Å². The number of hydrogen-bond donors (Lipinski definition) is 1. The zero-order chi connectivity index (χ0) is 14.0. The maximum atomic E-state index is 13.7. The second-order valence-electron chi connectivity index (χ2n) is 4.27. The van der Waals surface area contributed by atoms with Crippen LogP contribution in [0.15, 0.2) is 28.7 Å². The first-order valence-corrected chi connectivity index (χ1v) is 7.62. The Labute approximate surface area is 123 Å². The molecule has 1 unspecified atom stereocenters. The maximum absolute atomic E-state index is 13.7. The fourth-order valence-corrected chi connectivity index (χ4v) is 3.03. The van der Waals surface area contributed by atoms with Crippen molar-refractivity contribution in [3.8, 4) is 0 Å². The highest BCUT2D eigenvalue weighted by Gasteiger charge is 2.13. The molecule has 19 heavy (non-hydrogen) atoms. The summed E-state index contributed by atoms with van der Waals surface area (Å²) < 4.78 is 27.3. The third-order valence-electron chi connectivity index (χ3n) is 2.84. The fourth-order valence-electron chi connectivity index (χ4n) is 1.75. The van der Waals surface area contributed by atoms with Gasteiger partial charge in [-0.2, -0.15) is 0 Å². The number of rotatable bonds is 4. The Bertz CT molecular complexity index is 583. The predicted octanol–water partition coefficient (Wildman–Crippen LogP) is 5.52. The average Bonchev–Trinajstić information content (AvgIpc) is 2.84. The van der Waals surface area contributed by atoms with Crippen molar-refractivity contribution in [3.63, 3.8) is 0 Å². The van der Waals surface area contributed by atoms with Crippen molar-refractivity contribution in [3.05, 3.63) is 50.1 Å². The lowest BCUT2D eigenvalue weighted by Crippen LogP contribution is -2.07. The molecule has 0 bridgehead atoms. The summed E-state index contributed by atoms with van der Waals surface area (Å²) in [4.78, 5) is 2.39. The van der Waals surface area contributed by atoms with E-state index < -0.39 is 11.6 Å². The summed E-state index contributed by atoms with van der Waals surface area (Å²) in [5.74, 6) is -0.941. The molecule has 2 aromatic rings. The normalized spacial score (nSPS) is 12.5. The minimum absolute atomic E-state index is 0.0552. The molecule has 1 atom stereocenters. The van der Waals surface area contributed by atoms with Crippen LogP contribution in [0.25, 0.3) is 0 Å². The molecular weight excluding hydrogens is 332 g/mol. The summed E-state index contributed by atoms with van der Waals surface area (Å²) in [6.45, 7) is 4.03. The topological polar surface area (TPSA) is 12.0 Å². The van der Waals surface area contributed by atoms with Gasteiger partial charge in [0.25, 0.3) is 0 Å². The van der Waals surface area contributed by atoms with Crippen LogP contribution < -0.4 is 5.32 Å². The lowest BCUT2D eigenvalue weighted by molar-refractivity contribution is 0.595. The van der Waals surface area contributed by atoms with Gasteiger partial charge in [0.1, 0.15) is 11.6 Å². The Kier molecular flexibility index (Phi) is 4.58. The molecule has 102 valence electrons. The molecule has 0 aliphatic carbocycles. The Morgan fingerprint density at radius 1 is 1.26 bits per heavy atom. The quantitative estimate of drug-likeness (QED) is 0.719. The molecule has 1 N–H and O–H groups in total. The van der Waals surface area contributed by atoms with E-state index >= 15 is 0 Å². The van der Waals surface area contributed by atoms with Crippen molar-refractivity contribution < 1.29 is 8.78 Å². The summed E-state index contributed by atoms with van der Waals surface area (Å²) in [5, 5.41) is 3.01. The minimum atomic E-state index is -0.475. The van der Waals surface area contributed by atoms with Gasteiger partial charge < -0.3 is 5.32 Å². The molecular formula is C14H14BrF2NS. The van der Waals surface area contributed by atoms with Gasteiger partial charge in [-0.25, -0.2) is 8.78 Å². The van der Waals surface area contributed by atoms with Gasteiger partial charge in [-0.05, 0) is 47.5 Å². The van der Waals surface area contributed by atoms with Crippen LogP contribution in [0.3, 0.4) is 0 Å². The van der Waals surface area contributed by atoms with Crippen LogP contribution in [0.5, 0.6) is 0 Å². The smallest absolute Gasteiger partial charge is 0.147 e. The van der Waals surface area contributed by atoms with Crippen LogP contribution in [0.4, 0.5) is 14.5 Å². The number of anilines is 1. The van der Waals surface area contributed by atoms with E-state index in [1.807, 2.05) is 13.0 Å². The zero-order valence-electron chi connectivity index (χ0n) is 10.6.